The van der Waals surface area contributed by atoms with Crippen molar-refractivity contribution in [3.63, 3.8) is 0 Å². The lowest BCUT2D eigenvalue weighted by Gasteiger charge is -2.08. The highest BCUT2D eigenvalue weighted by Gasteiger charge is 2.62. The van der Waals surface area contributed by atoms with Crippen molar-refractivity contribution in [1.82, 2.24) is 15.1 Å². The Hall–Kier alpha value is -2.79. The number of nitrogens with zero attached hydrogens (tertiary/aromatic N) is 3. The molecule has 0 unspecified atom stereocenters. The maximum absolute atomic E-state index is 13.2. The van der Waals surface area contributed by atoms with Gasteiger partial charge in [0.15, 0.2) is 10.9 Å². The number of benzene rings is 1. The summed E-state index contributed by atoms with van der Waals surface area (Å²) in [5.41, 5.74) is 0.0475. The van der Waals surface area contributed by atoms with E-state index in [0.717, 1.165) is 24.0 Å². The Morgan fingerprint density at radius 3 is 2.33 bits per heavy atom. The van der Waals surface area contributed by atoms with Crippen molar-refractivity contribution in [1.29, 1.82) is 0 Å². The molecule has 0 saturated heterocycles. The van der Waals surface area contributed by atoms with E-state index in [4.69, 9.17) is 12.9 Å². The van der Waals surface area contributed by atoms with Crippen molar-refractivity contribution in [3.05, 3.63) is 65.8 Å². The molecule has 2 heterocycles. The van der Waals surface area contributed by atoms with Gasteiger partial charge in [-0.1, -0.05) is 49.3 Å². The number of hydrogen-bond acceptors (Lipinski definition) is 6. The number of rotatable bonds is 3. The number of thiol groups is 1. The smallest absolute Gasteiger partial charge is 0.339 e. The zero-order valence-corrected chi connectivity index (χ0v) is 16.9. The summed E-state index contributed by atoms with van der Waals surface area (Å²) in [6.07, 6.45) is -2.29. The molecule has 1 fully saturated rings. The Morgan fingerprint density at radius 2 is 1.73 bits per heavy atom. The molecule has 4 rings (SSSR count). The van der Waals surface area contributed by atoms with E-state index < -0.39 is 22.6 Å². The molecule has 1 aliphatic rings. The monoisotopic (exact) mass is 440 g/mol. The Balaban J connectivity index is 0.000000589. The average molecular weight is 440 g/mol. The van der Waals surface area contributed by atoms with Crippen molar-refractivity contribution < 1.29 is 26.1 Å². The highest BCUT2D eigenvalue weighted by atomic mass is 32.2. The Morgan fingerprint density at radius 1 is 1.10 bits per heavy atom. The highest BCUT2D eigenvalue weighted by molar-refractivity contribution is 7.69. The van der Waals surface area contributed by atoms with Gasteiger partial charge in [0.25, 0.3) is 0 Å². The van der Waals surface area contributed by atoms with Gasteiger partial charge in [-0.3, -0.25) is 4.98 Å². The van der Waals surface area contributed by atoms with E-state index >= 15 is 0 Å². The van der Waals surface area contributed by atoms with Gasteiger partial charge < -0.3 is 4.52 Å². The quantitative estimate of drug-likeness (QED) is 0.603. The van der Waals surface area contributed by atoms with Crippen LogP contribution in [0.2, 0.25) is 0 Å². The van der Waals surface area contributed by atoms with Crippen LogP contribution in [0.25, 0.3) is 11.4 Å². The molecule has 0 radical (unpaired) electrons. The van der Waals surface area contributed by atoms with Crippen LogP contribution < -0.4 is 5.14 Å². The summed E-state index contributed by atoms with van der Waals surface area (Å²) in [5.74, 6) is 0.427. The van der Waals surface area contributed by atoms with Gasteiger partial charge in [0.2, 0.25) is 11.7 Å². The normalized spacial score (nSPS) is 19.8. The molecule has 160 valence electrons. The fraction of sp³-hybridized carbons (Fsp3) is 0.316. The van der Waals surface area contributed by atoms with Gasteiger partial charge in [-0.05, 0) is 17.0 Å². The average Bonchev–Trinajstić information content (AvgIpc) is 3.01. The maximum Gasteiger partial charge on any atom is 0.417 e. The number of aromatic nitrogens is 3. The van der Waals surface area contributed by atoms with Crippen LogP contribution in [-0.2, 0) is 17.1 Å². The van der Waals surface area contributed by atoms with Crippen molar-refractivity contribution in [2.24, 2.45) is 10.6 Å². The van der Waals surface area contributed by atoms with E-state index in [1.807, 2.05) is 30.3 Å². The molecule has 2 atom stereocenters. The number of hydrogen-bond donors (Lipinski definition) is 2. The summed E-state index contributed by atoms with van der Waals surface area (Å²) >= 11 is 0. The zero-order chi connectivity index (χ0) is 22.1. The van der Waals surface area contributed by atoms with Crippen LogP contribution in [0, 0.1) is 5.41 Å². The predicted octanol–water partition coefficient (Wildman–Crippen LogP) is 3.53. The largest absolute Gasteiger partial charge is 0.417 e. The minimum Gasteiger partial charge on any atom is -0.339 e. The summed E-state index contributed by atoms with van der Waals surface area (Å²) in [7, 11) is -2.62. The first kappa shape index (κ1) is 21.9. The van der Waals surface area contributed by atoms with E-state index in [9.17, 15) is 13.2 Å². The SMILES string of the molecule is CC1(C)[C@@H](c2ccccc2)[C@@H]1c1nc(-c2cnccc2C(F)(F)F)no1.N[SH](=O)=O. The lowest BCUT2D eigenvalue weighted by atomic mass is 10.0. The molecule has 3 aromatic rings. The van der Waals surface area contributed by atoms with E-state index in [1.165, 1.54) is 0 Å². The molecule has 0 aliphatic heterocycles. The topological polar surface area (TPSA) is 112 Å². The molecule has 7 nitrogen and oxygen atoms in total. The number of alkyl halides is 3. The third-order valence-electron chi connectivity index (χ3n) is 5.06. The number of halogens is 3. The third kappa shape index (κ3) is 4.51. The second-order valence-electron chi connectivity index (χ2n) is 7.35. The first-order valence-corrected chi connectivity index (χ1v) is 10.1. The van der Waals surface area contributed by atoms with Crippen molar-refractivity contribution >= 4 is 10.9 Å². The molecular weight excluding hydrogens is 421 g/mol. The molecule has 30 heavy (non-hydrogen) atoms. The van der Waals surface area contributed by atoms with Gasteiger partial charge in [-0.15, -0.1) is 0 Å². The van der Waals surface area contributed by atoms with Crippen LogP contribution in [0.5, 0.6) is 0 Å². The zero-order valence-electron chi connectivity index (χ0n) is 16.0. The number of nitrogens with two attached hydrogens (primary N) is 1. The molecule has 1 aromatic carbocycles. The maximum atomic E-state index is 13.2. The first-order valence-electron chi connectivity index (χ1n) is 8.82. The molecule has 0 bridgehead atoms. The van der Waals surface area contributed by atoms with Gasteiger partial charge in [-0.25, -0.2) is 13.6 Å². The van der Waals surface area contributed by atoms with Crippen LogP contribution in [0.1, 0.15) is 42.7 Å². The predicted molar refractivity (Wildman–Crippen MR) is 103 cm³/mol. The van der Waals surface area contributed by atoms with E-state index in [0.29, 0.717) is 5.89 Å². The molecule has 1 aliphatic carbocycles. The van der Waals surface area contributed by atoms with Gasteiger partial charge in [0.05, 0.1) is 17.0 Å². The Labute approximate surface area is 172 Å². The lowest BCUT2D eigenvalue weighted by Crippen LogP contribution is -2.07. The molecule has 11 heteroatoms. The van der Waals surface area contributed by atoms with Crippen molar-refractivity contribution in [2.75, 3.05) is 0 Å². The second-order valence-corrected chi connectivity index (χ2v) is 7.92. The standard InChI is InChI=1S/C19H16F3N3O.H3NO2S/c1-18(2)14(11-6-4-3-5-7-11)15(18)17-24-16(25-26-17)12-10-23-9-8-13(12)19(20,21)22;1-4(2)3/h3-10,14-15H,1-2H3;4H,(H2,1,2,3)/t14-,15+;/m0./s1. The van der Waals surface area contributed by atoms with Gasteiger partial charge >= 0.3 is 6.18 Å². The van der Waals surface area contributed by atoms with Crippen molar-refractivity contribution in [3.8, 4) is 11.4 Å². The van der Waals surface area contributed by atoms with Crippen LogP contribution in [0.15, 0.2) is 53.3 Å². The minimum absolute atomic E-state index is 0.0304. The van der Waals surface area contributed by atoms with Gasteiger partial charge in [0.1, 0.15) is 0 Å². The van der Waals surface area contributed by atoms with Crippen LogP contribution in [-0.4, -0.2) is 23.5 Å². The van der Waals surface area contributed by atoms with E-state index in [2.05, 4.69) is 34.1 Å². The second kappa shape index (κ2) is 8.15. The van der Waals surface area contributed by atoms with Crippen LogP contribution in [0.4, 0.5) is 13.2 Å². The Bertz CT molecular complexity index is 1090. The minimum atomic E-state index is -4.51. The molecule has 2 N–H and O–H groups in total. The third-order valence-corrected chi connectivity index (χ3v) is 5.06. The van der Waals surface area contributed by atoms with E-state index in [1.54, 1.807) is 0 Å². The van der Waals surface area contributed by atoms with Gasteiger partial charge in [-0.2, -0.15) is 18.2 Å². The summed E-state index contributed by atoms with van der Waals surface area (Å²) < 4.78 is 62.6. The van der Waals surface area contributed by atoms with Gasteiger partial charge in [0, 0.05) is 18.3 Å². The highest BCUT2D eigenvalue weighted by Crippen LogP contribution is 2.69. The van der Waals surface area contributed by atoms with Crippen LogP contribution in [0.3, 0.4) is 0 Å². The summed E-state index contributed by atoms with van der Waals surface area (Å²) in [5, 5.41) is 7.85. The first-order chi connectivity index (χ1) is 14.0. The van der Waals surface area contributed by atoms with E-state index in [-0.39, 0.29) is 28.6 Å². The lowest BCUT2D eigenvalue weighted by molar-refractivity contribution is -0.137. The number of pyridine rings is 1. The molecule has 2 aromatic heterocycles. The Kier molecular flexibility index (Phi) is 5.95. The molecular formula is C19H19F3N4O3S. The molecule has 0 amide bonds. The summed E-state index contributed by atoms with van der Waals surface area (Å²) in [6, 6.07) is 10.9. The summed E-state index contributed by atoms with van der Waals surface area (Å²) in [4.78, 5) is 8.04. The fourth-order valence-electron chi connectivity index (χ4n) is 3.67. The molecule has 0 spiro atoms. The summed E-state index contributed by atoms with van der Waals surface area (Å²) in [6.45, 7) is 4.18. The van der Waals surface area contributed by atoms with Crippen molar-refractivity contribution in [2.45, 2.75) is 31.9 Å². The van der Waals surface area contributed by atoms with Crippen LogP contribution >= 0.6 is 0 Å². The fourth-order valence-corrected chi connectivity index (χ4v) is 3.67. The molecule has 1 saturated carbocycles.